The van der Waals surface area contributed by atoms with Crippen molar-refractivity contribution in [2.24, 2.45) is 10.9 Å². The number of aromatic nitrogens is 2. The Labute approximate surface area is 269 Å². The molecule has 2 aromatic carbocycles. The van der Waals surface area contributed by atoms with Crippen molar-refractivity contribution in [3.05, 3.63) is 57.9 Å². The fraction of sp³-hybridized carbons (Fsp3) is 0.357. The third-order valence-electron chi connectivity index (χ3n) is 4.56. The van der Waals surface area contributed by atoms with Crippen molar-refractivity contribution in [3.63, 3.8) is 0 Å². The Morgan fingerprint density at radius 3 is 1.91 bits per heavy atom. The standard InChI is InChI=1S/C14H15ClN2O4.C10H13ClN2O2.C4H5ClO3/c1-4-19-14(18)13-16-12(17-21-13)9-5-6-11(10(15)7-9)20-8(2)3;1-6(2)15-9-4-3-7(5-8(9)11)10(12)13-14;1-2-8-4(7)3(5)6/h5-8H,4H2,1-3H3;3-6,14H,1-2H3,(H2,12,13);2H2,1H3. The summed E-state index contributed by atoms with van der Waals surface area (Å²) in [7, 11) is 0. The molecule has 1 heterocycles. The van der Waals surface area contributed by atoms with E-state index >= 15 is 0 Å². The summed E-state index contributed by atoms with van der Waals surface area (Å²) in [6.07, 6.45) is 0.0751. The van der Waals surface area contributed by atoms with Crippen molar-refractivity contribution in [3.8, 4) is 22.9 Å². The van der Waals surface area contributed by atoms with Crippen LogP contribution in [-0.2, 0) is 19.1 Å². The number of rotatable bonds is 10. The smallest absolute Gasteiger partial charge is 0.397 e. The number of benzene rings is 2. The number of carbonyl (C=O) groups is 3. The second-order valence-corrected chi connectivity index (χ2v) is 9.90. The molecule has 3 rings (SSSR count). The summed E-state index contributed by atoms with van der Waals surface area (Å²) in [4.78, 5) is 35.3. The zero-order valence-electron chi connectivity index (χ0n) is 24.8. The number of ether oxygens (including phenoxy) is 4. The first-order valence-corrected chi connectivity index (χ1v) is 14.1. The van der Waals surface area contributed by atoms with Gasteiger partial charge in [-0.1, -0.05) is 33.5 Å². The Balaban J connectivity index is 0.000000367. The molecule has 13 nitrogen and oxygen atoms in total. The maximum absolute atomic E-state index is 11.5. The van der Waals surface area contributed by atoms with Crippen LogP contribution in [-0.4, -0.2) is 63.8 Å². The summed E-state index contributed by atoms with van der Waals surface area (Å²) in [5.74, 6) is -0.392. The lowest BCUT2D eigenvalue weighted by Crippen LogP contribution is -2.13. The van der Waals surface area contributed by atoms with Gasteiger partial charge in [0.05, 0.1) is 35.5 Å². The third-order valence-corrected chi connectivity index (χ3v) is 5.31. The van der Waals surface area contributed by atoms with Crippen LogP contribution in [0.5, 0.6) is 11.5 Å². The van der Waals surface area contributed by atoms with Crippen LogP contribution >= 0.6 is 34.8 Å². The molecular weight excluding hydrogens is 643 g/mol. The highest BCUT2D eigenvalue weighted by Crippen LogP contribution is 2.30. The summed E-state index contributed by atoms with van der Waals surface area (Å²) in [5.41, 5.74) is 6.59. The molecule has 0 aliphatic heterocycles. The van der Waals surface area contributed by atoms with E-state index in [2.05, 4.69) is 20.0 Å². The number of hydrogen-bond acceptors (Lipinski definition) is 12. The highest BCUT2D eigenvalue weighted by Gasteiger charge is 2.18. The van der Waals surface area contributed by atoms with Crippen molar-refractivity contribution in [2.45, 2.75) is 53.8 Å². The second-order valence-electron chi connectivity index (χ2n) is 8.75. The molecule has 0 bridgehead atoms. The zero-order chi connectivity index (χ0) is 33.4. The van der Waals surface area contributed by atoms with Crippen LogP contribution in [0, 0.1) is 0 Å². The molecule has 44 heavy (non-hydrogen) atoms. The van der Waals surface area contributed by atoms with Crippen molar-refractivity contribution < 1.29 is 43.1 Å². The predicted octanol–water partition coefficient (Wildman–Crippen LogP) is 5.89. The molecule has 0 atom stereocenters. The minimum atomic E-state index is -1.08. The molecule has 0 saturated carbocycles. The number of hydrogen-bond donors (Lipinski definition) is 2. The van der Waals surface area contributed by atoms with Gasteiger partial charge in [-0.05, 0) is 89.5 Å². The summed E-state index contributed by atoms with van der Waals surface area (Å²) in [5, 5.41) is 14.9. The van der Waals surface area contributed by atoms with Crippen LogP contribution in [0.1, 0.15) is 57.8 Å². The van der Waals surface area contributed by atoms with Crippen LogP contribution < -0.4 is 15.2 Å². The van der Waals surface area contributed by atoms with Gasteiger partial charge in [0.15, 0.2) is 5.84 Å². The summed E-state index contributed by atoms with van der Waals surface area (Å²) < 4.78 is 24.8. The van der Waals surface area contributed by atoms with E-state index in [-0.39, 0.29) is 43.0 Å². The molecule has 0 fully saturated rings. The van der Waals surface area contributed by atoms with Crippen LogP contribution in [0.3, 0.4) is 0 Å². The normalized spacial score (nSPS) is 10.7. The average molecular weight is 676 g/mol. The molecule has 1 aromatic heterocycles. The number of nitrogens with zero attached hydrogens (tertiary/aromatic N) is 3. The highest BCUT2D eigenvalue weighted by molar-refractivity contribution is 6.80. The van der Waals surface area contributed by atoms with Gasteiger partial charge < -0.3 is 34.4 Å². The summed E-state index contributed by atoms with van der Waals surface area (Å²) >= 11 is 16.8. The molecule has 0 unspecified atom stereocenters. The highest BCUT2D eigenvalue weighted by atomic mass is 35.5. The van der Waals surface area contributed by atoms with Crippen LogP contribution in [0.2, 0.25) is 10.0 Å². The van der Waals surface area contributed by atoms with Gasteiger partial charge >= 0.3 is 23.1 Å². The topological polar surface area (TPSA) is 186 Å². The molecule has 0 saturated heterocycles. The van der Waals surface area contributed by atoms with E-state index in [9.17, 15) is 14.4 Å². The monoisotopic (exact) mass is 674 g/mol. The molecule has 3 aromatic rings. The molecule has 240 valence electrons. The lowest BCUT2D eigenvalue weighted by molar-refractivity contribution is -0.149. The number of oxime groups is 1. The molecular formula is C28H33Cl3N4O9. The Morgan fingerprint density at radius 1 is 0.932 bits per heavy atom. The Kier molecular flexibility index (Phi) is 16.6. The van der Waals surface area contributed by atoms with Crippen LogP contribution in [0.25, 0.3) is 11.4 Å². The van der Waals surface area contributed by atoms with E-state index < -0.39 is 17.2 Å². The van der Waals surface area contributed by atoms with Crippen LogP contribution in [0.4, 0.5) is 0 Å². The summed E-state index contributed by atoms with van der Waals surface area (Å²) in [6.45, 7) is 11.4. The molecule has 3 N–H and O–H groups in total. The van der Waals surface area contributed by atoms with E-state index in [1.165, 1.54) is 0 Å². The Bertz CT molecular complexity index is 1430. The van der Waals surface area contributed by atoms with Crippen molar-refractivity contribution in [1.82, 2.24) is 10.1 Å². The fourth-order valence-corrected chi connectivity index (χ4v) is 3.37. The van der Waals surface area contributed by atoms with E-state index in [0.717, 1.165) is 0 Å². The van der Waals surface area contributed by atoms with Crippen molar-refractivity contribution in [2.75, 3.05) is 13.2 Å². The zero-order valence-corrected chi connectivity index (χ0v) is 27.1. The lowest BCUT2D eigenvalue weighted by Gasteiger charge is -2.11. The van der Waals surface area contributed by atoms with Crippen molar-refractivity contribution in [1.29, 1.82) is 0 Å². The quantitative estimate of drug-likeness (QED) is 0.0494. The minimum Gasteiger partial charge on any atom is -0.489 e. The second kappa shape index (κ2) is 19.3. The first-order chi connectivity index (χ1) is 20.7. The van der Waals surface area contributed by atoms with Crippen LogP contribution in [0.15, 0.2) is 46.1 Å². The van der Waals surface area contributed by atoms with Gasteiger partial charge in [-0.15, -0.1) is 0 Å². The number of halogens is 3. The minimum absolute atomic E-state index is 0.0213. The fourth-order valence-electron chi connectivity index (χ4n) is 2.86. The van der Waals surface area contributed by atoms with E-state index in [1.807, 2.05) is 27.7 Å². The third kappa shape index (κ3) is 13.1. The molecule has 0 radical (unpaired) electrons. The Morgan fingerprint density at radius 2 is 1.48 bits per heavy atom. The number of nitrogens with two attached hydrogens (primary N) is 1. The maximum atomic E-state index is 11.5. The van der Waals surface area contributed by atoms with E-state index in [4.69, 9.17) is 64.5 Å². The average Bonchev–Trinajstić information content (AvgIpc) is 3.46. The lowest BCUT2D eigenvalue weighted by atomic mass is 10.2. The van der Waals surface area contributed by atoms with E-state index in [1.54, 1.807) is 50.2 Å². The molecule has 0 aliphatic rings. The van der Waals surface area contributed by atoms with Gasteiger partial charge in [-0.2, -0.15) is 4.98 Å². The van der Waals surface area contributed by atoms with Gasteiger partial charge in [0.25, 0.3) is 0 Å². The summed E-state index contributed by atoms with van der Waals surface area (Å²) in [6, 6.07) is 10.1. The van der Waals surface area contributed by atoms with Crippen molar-refractivity contribution >= 4 is 57.8 Å². The molecule has 0 amide bonds. The largest absolute Gasteiger partial charge is 0.489 e. The maximum Gasteiger partial charge on any atom is 0.397 e. The van der Waals surface area contributed by atoms with E-state index in [0.29, 0.717) is 32.7 Å². The number of amidine groups is 1. The molecule has 0 aliphatic carbocycles. The van der Waals surface area contributed by atoms with Gasteiger partial charge in [0.1, 0.15) is 11.5 Å². The van der Waals surface area contributed by atoms with Gasteiger partial charge in [-0.3, -0.25) is 4.79 Å². The SMILES string of the molecule is CC(C)Oc1ccc(/C(N)=N/O)cc1Cl.CCOC(=O)C(=O)Cl.CCOC(=O)c1nc(-c2ccc(OC(C)C)c(Cl)c2)no1. The first-order valence-electron chi connectivity index (χ1n) is 13.0. The van der Waals surface area contributed by atoms with Gasteiger partial charge in [0.2, 0.25) is 5.82 Å². The number of carbonyl (C=O) groups excluding carboxylic acids is 3. The predicted molar refractivity (Wildman–Crippen MR) is 164 cm³/mol. The van der Waals surface area contributed by atoms with Gasteiger partial charge in [0, 0.05) is 11.1 Å². The number of esters is 2. The molecule has 0 spiro atoms. The van der Waals surface area contributed by atoms with Gasteiger partial charge in [-0.25, -0.2) is 9.59 Å². The molecule has 16 heteroatoms. The first kappa shape index (κ1) is 38.0. The Hall–Kier alpha value is -4.07.